The largest absolute Gasteiger partial charge is 0.329 e. The summed E-state index contributed by atoms with van der Waals surface area (Å²) in [7, 11) is 0. The van der Waals surface area contributed by atoms with E-state index in [1.165, 1.54) is 24.3 Å². The minimum Gasteiger partial charge on any atom is -0.329 e. The van der Waals surface area contributed by atoms with Crippen molar-refractivity contribution in [2.45, 2.75) is 19.9 Å². The molecule has 0 aliphatic rings. The van der Waals surface area contributed by atoms with Crippen molar-refractivity contribution in [1.82, 2.24) is 4.98 Å². The second kappa shape index (κ2) is 16.2. The number of aryl methyl sites for hydroxylation is 1. The van der Waals surface area contributed by atoms with Crippen LogP contribution in [0.2, 0.25) is 0 Å². The molecule has 3 N–H and O–H groups in total. The Labute approximate surface area is 169 Å². The van der Waals surface area contributed by atoms with Crippen LogP contribution in [0.3, 0.4) is 0 Å². The summed E-state index contributed by atoms with van der Waals surface area (Å²) in [6.07, 6.45) is 4.08. The SMILES string of the molecule is C=NC(C)/C=C\SCN.Cc1ccc(C#N)cn1.O=CNc1ccc(F)cc1. The summed E-state index contributed by atoms with van der Waals surface area (Å²) in [5.41, 5.74) is 7.37. The highest BCUT2D eigenvalue weighted by Crippen LogP contribution is 2.06. The average molecular weight is 402 g/mol. The molecule has 0 bridgehead atoms. The van der Waals surface area contributed by atoms with Gasteiger partial charge in [-0.25, -0.2) is 4.39 Å². The lowest BCUT2D eigenvalue weighted by Gasteiger charge is -1.94. The van der Waals surface area contributed by atoms with E-state index in [1.807, 2.05) is 37.5 Å². The Kier molecular flexibility index (Phi) is 14.4. The molecule has 28 heavy (non-hydrogen) atoms. The highest BCUT2D eigenvalue weighted by molar-refractivity contribution is 8.02. The first-order valence-electron chi connectivity index (χ1n) is 8.19. The lowest BCUT2D eigenvalue weighted by molar-refractivity contribution is -0.105. The summed E-state index contributed by atoms with van der Waals surface area (Å²) in [6, 6.07) is 11.3. The number of aromatic nitrogens is 1. The molecule has 6 nitrogen and oxygen atoms in total. The molecule has 1 aromatic heterocycles. The van der Waals surface area contributed by atoms with Gasteiger partial charge < -0.3 is 11.1 Å². The number of pyridine rings is 1. The second-order valence-corrected chi connectivity index (χ2v) is 6.09. The Morgan fingerprint density at radius 1 is 1.39 bits per heavy atom. The number of hydrogen-bond donors (Lipinski definition) is 2. The summed E-state index contributed by atoms with van der Waals surface area (Å²) in [5.74, 6) is 0.317. The molecule has 0 radical (unpaired) electrons. The molecule has 1 heterocycles. The number of amides is 1. The van der Waals surface area contributed by atoms with Crippen molar-refractivity contribution in [3.63, 3.8) is 0 Å². The number of nitriles is 1. The topological polar surface area (TPSA) is 104 Å². The maximum atomic E-state index is 12.2. The lowest BCUT2D eigenvalue weighted by Crippen LogP contribution is -1.92. The molecule has 0 saturated carbocycles. The van der Waals surface area contributed by atoms with Gasteiger partial charge in [-0.1, -0.05) is 6.08 Å². The van der Waals surface area contributed by atoms with Gasteiger partial charge in [0.05, 0.1) is 11.6 Å². The van der Waals surface area contributed by atoms with Crippen LogP contribution >= 0.6 is 11.8 Å². The quantitative estimate of drug-likeness (QED) is 0.434. The van der Waals surface area contributed by atoms with E-state index < -0.39 is 0 Å². The van der Waals surface area contributed by atoms with Gasteiger partial charge in [-0.2, -0.15) is 5.26 Å². The molecule has 0 spiro atoms. The van der Waals surface area contributed by atoms with Crippen molar-refractivity contribution < 1.29 is 9.18 Å². The fourth-order valence-electron chi connectivity index (χ4n) is 1.43. The molecule has 1 atom stereocenters. The fraction of sp³-hybridized carbons (Fsp3) is 0.200. The van der Waals surface area contributed by atoms with E-state index in [0.717, 1.165) is 5.69 Å². The van der Waals surface area contributed by atoms with Crippen LogP contribution in [0.1, 0.15) is 18.2 Å². The van der Waals surface area contributed by atoms with E-state index in [1.54, 1.807) is 24.0 Å². The van der Waals surface area contributed by atoms with Gasteiger partial charge in [0, 0.05) is 23.5 Å². The average Bonchev–Trinajstić information content (AvgIpc) is 2.71. The van der Waals surface area contributed by atoms with Gasteiger partial charge in [0.2, 0.25) is 6.41 Å². The van der Waals surface area contributed by atoms with Crippen molar-refractivity contribution >= 4 is 30.6 Å². The summed E-state index contributed by atoms with van der Waals surface area (Å²) in [4.78, 5) is 17.6. The van der Waals surface area contributed by atoms with Gasteiger partial charge in [-0.05, 0) is 62.4 Å². The van der Waals surface area contributed by atoms with Crippen molar-refractivity contribution in [1.29, 1.82) is 5.26 Å². The van der Waals surface area contributed by atoms with E-state index in [0.29, 0.717) is 23.5 Å². The Morgan fingerprint density at radius 2 is 2.07 bits per heavy atom. The number of nitrogens with two attached hydrogens (primary N) is 1. The summed E-state index contributed by atoms with van der Waals surface area (Å²) in [6.45, 7) is 7.26. The predicted octanol–water partition coefficient (Wildman–Crippen LogP) is 3.89. The smallest absolute Gasteiger partial charge is 0.211 e. The zero-order chi connectivity index (χ0) is 21.2. The number of hydrogen-bond acceptors (Lipinski definition) is 6. The summed E-state index contributed by atoms with van der Waals surface area (Å²) < 4.78 is 12.2. The Morgan fingerprint density at radius 3 is 2.54 bits per heavy atom. The van der Waals surface area contributed by atoms with Crippen LogP contribution in [0.5, 0.6) is 0 Å². The minimum atomic E-state index is -0.309. The molecule has 0 saturated heterocycles. The van der Waals surface area contributed by atoms with E-state index in [9.17, 15) is 9.18 Å². The van der Waals surface area contributed by atoms with Crippen LogP contribution in [0.25, 0.3) is 0 Å². The standard InChI is InChI=1S/C7H6FNO.C7H6N2.C6H12N2S/c8-6-1-3-7(4-2-6)9-5-10;1-6-2-3-7(4-8)5-9-6;1-6(8-2)3-4-9-5-7/h1-5H,(H,9,10);2-3,5H,1H3;3-4,6H,2,5,7H2,1H3/b;;4-3-. The molecule has 1 aromatic carbocycles. The predicted molar refractivity (Wildman–Crippen MR) is 115 cm³/mol. The number of halogens is 1. The number of anilines is 1. The van der Waals surface area contributed by atoms with Crippen molar-refractivity contribution in [3.05, 3.63) is 71.2 Å². The van der Waals surface area contributed by atoms with Gasteiger partial charge in [0.25, 0.3) is 0 Å². The van der Waals surface area contributed by atoms with E-state index in [-0.39, 0.29) is 11.9 Å². The van der Waals surface area contributed by atoms with E-state index in [4.69, 9.17) is 11.0 Å². The third-order valence-corrected chi connectivity index (χ3v) is 3.49. The molecule has 2 aromatic rings. The van der Waals surface area contributed by atoms with Crippen molar-refractivity contribution in [2.24, 2.45) is 10.7 Å². The first-order valence-corrected chi connectivity index (χ1v) is 9.24. The van der Waals surface area contributed by atoms with Gasteiger partial charge >= 0.3 is 0 Å². The number of rotatable bonds is 6. The monoisotopic (exact) mass is 401 g/mol. The first-order chi connectivity index (χ1) is 13.5. The van der Waals surface area contributed by atoms with Crippen molar-refractivity contribution in [2.75, 3.05) is 11.2 Å². The summed E-state index contributed by atoms with van der Waals surface area (Å²) in [5, 5.41) is 12.7. The molecule has 0 aliphatic heterocycles. The second-order valence-electron chi connectivity index (χ2n) is 5.15. The third kappa shape index (κ3) is 13.2. The van der Waals surface area contributed by atoms with Gasteiger partial charge in [-0.3, -0.25) is 14.8 Å². The molecule has 8 heteroatoms. The Hall–Kier alpha value is -3.02. The van der Waals surface area contributed by atoms with Crippen LogP contribution < -0.4 is 11.1 Å². The highest BCUT2D eigenvalue weighted by Gasteiger charge is 1.89. The normalized spacial score (nSPS) is 10.4. The maximum Gasteiger partial charge on any atom is 0.211 e. The summed E-state index contributed by atoms with van der Waals surface area (Å²) >= 11 is 1.56. The van der Waals surface area contributed by atoms with Gasteiger partial charge in [0.1, 0.15) is 11.9 Å². The number of nitrogens with one attached hydrogen (secondary N) is 1. The number of aliphatic imine (C=N–C) groups is 1. The minimum absolute atomic E-state index is 0.212. The number of carbonyl (C=O) groups excluding carboxylic acids is 1. The number of carbonyl (C=O) groups is 1. The molecule has 0 fully saturated rings. The van der Waals surface area contributed by atoms with E-state index in [2.05, 4.69) is 22.0 Å². The molecule has 1 unspecified atom stereocenters. The molecular formula is C20H24FN5OS. The van der Waals surface area contributed by atoms with Crippen LogP contribution in [0, 0.1) is 24.1 Å². The molecule has 148 valence electrons. The Balaban J connectivity index is 0.000000392. The van der Waals surface area contributed by atoms with Gasteiger partial charge in [-0.15, -0.1) is 11.8 Å². The maximum absolute atomic E-state index is 12.2. The van der Waals surface area contributed by atoms with Crippen LogP contribution in [0.15, 0.2) is 59.1 Å². The lowest BCUT2D eigenvalue weighted by atomic mass is 10.3. The van der Waals surface area contributed by atoms with Crippen LogP contribution in [0.4, 0.5) is 10.1 Å². The van der Waals surface area contributed by atoms with Crippen LogP contribution in [-0.2, 0) is 4.79 Å². The molecule has 1 amide bonds. The van der Waals surface area contributed by atoms with Crippen LogP contribution in [-0.4, -0.2) is 30.0 Å². The van der Waals surface area contributed by atoms with Gasteiger partial charge in [0.15, 0.2) is 0 Å². The number of nitrogens with zero attached hydrogens (tertiary/aromatic N) is 3. The van der Waals surface area contributed by atoms with Crippen molar-refractivity contribution in [3.8, 4) is 6.07 Å². The first kappa shape index (κ1) is 25.0. The zero-order valence-electron chi connectivity index (χ0n) is 15.9. The number of benzene rings is 1. The molecule has 0 aliphatic carbocycles. The number of thioether (sulfide) groups is 1. The molecular weight excluding hydrogens is 377 g/mol. The third-order valence-electron chi connectivity index (χ3n) is 2.95. The highest BCUT2D eigenvalue weighted by atomic mass is 32.2. The Bertz CT molecular complexity index is 758. The fourth-order valence-corrected chi connectivity index (χ4v) is 1.88. The zero-order valence-corrected chi connectivity index (χ0v) is 16.7. The van der Waals surface area contributed by atoms with E-state index >= 15 is 0 Å². The molecule has 2 rings (SSSR count).